The normalized spacial score (nSPS) is 16.0. The van der Waals surface area contributed by atoms with Crippen molar-refractivity contribution in [1.29, 1.82) is 0 Å². The van der Waals surface area contributed by atoms with E-state index in [9.17, 15) is 10.1 Å². The highest BCUT2D eigenvalue weighted by Crippen LogP contribution is 2.48. The Hall–Kier alpha value is -2.15. The van der Waals surface area contributed by atoms with Crippen molar-refractivity contribution in [3.63, 3.8) is 0 Å². The van der Waals surface area contributed by atoms with Crippen molar-refractivity contribution in [3.8, 4) is 0 Å². The molecule has 0 spiro atoms. The smallest absolute Gasteiger partial charge is 0.271 e. The van der Waals surface area contributed by atoms with E-state index in [1.807, 2.05) is 0 Å². The first kappa shape index (κ1) is 13.8. The molecule has 0 amide bonds. The first-order valence-corrected chi connectivity index (χ1v) is 6.99. The molecule has 0 saturated heterocycles. The topological polar surface area (TPSA) is 93.1 Å². The lowest BCUT2D eigenvalue weighted by Crippen LogP contribution is -2.17. The van der Waals surface area contributed by atoms with Gasteiger partial charge < -0.3 is 15.0 Å². The molecule has 21 heavy (non-hydrogen) atoms. The minimum Gasteiger partial charge on any atom is -0.385 e. The number of nitro groups is 1. The van der Waals surface area contributed by atoms with Crippen molar-refractivity contribution in [3.05, 3.63) is 28.3 Å². The van der Waals surface area contributed by atoms with Gasteiger partial charge in [0.15, 0.2) is 0 Å². The molecule has 0 bridgehead atoms. The van der Waals surface area contributed by atoms with Gasteiger partial charge in [0.25, 0.3) is 5.69 Å². The van der Waals surface area contributed by atoms with E-state index >= 15 is 0 Å². The van der Waals surface area contributed by atoms with Gasteiger partial charge in [-0.05, 0) is 30.7 Å². The van der Waals surface area contributed by atoms with Crippen LogP contribution >= 0.6 is 0 Å². The zero-order chi connectivity index (χ0) is 14.9. The third-order valence-corrected chi connectivity index (χ3v) is 4.10. The number of methoxy groups -OCH3 is 1. The van der Waals surface area contributed by atoms with Gasteiger partial charge in [-0.15, -0.1) is 0 Å². The van der Waals surface area contributed by atoms with E-state index in [2.05, 4.69) is 15.3 Å². The molecule has 7 nitrogen and oxygen atoms in total. The highest BCUT2D eigenvalue weighted by atomic mass is 16.6. The summed E-state index contributed by atoms with van der Waals surface area (Å²) < 4.78 is 5.14. The van der Waals surface area contributed by atoms with Crippen molar-refractivity contribution >= 4 is 22.7 Å². The molecule has 112 valence electrons. The van der Waals surface area contributed by atoms with E-state index in [1.54, 1.807) is 13.2 Å². The SMILES string of the molecule is COCCC1(CNc2nc3ccc([N+](=O)[O-])cc3[nH]2)CC1. The Labute approximate surface area is 121 Å². The number of nitrogens with zero attached hydrogens (tertiary/aromatic N) is 2. The number of ether oxygens (including phenoxy) is 1. The Bertz CT molecular complexity index is 663. The number of aromatic nitrogens is 2. The lowest BCUT2D eigenvalue weighted by atomic mass is 10.0. The van der Waals surface area contributed by atoms with Crippen molar-refractivity contribution in [2.24, 2.45) is 5.41 Å². The number of H-pyrrole nitrogens is 1. The van der Waals surface area contributed by atoms with Gasteiger partial charge in [-0.3, -0.25) is 10.1 Å². The Morgan fingerprint density at radius 1 is 1.52 bits per heavy atom. The maximum atomic E-state index is 10.8. The van der Waals surface area contributed by atoms with Crippen LogP contribution in [0.2, 0.25) is 0 Å². The number of benzene rings is 1. The maximum absolute atomic E-state index is 10.8. The summed E-state index contributed by atoms with van der Waals surface area (Å²) in [5.74, 6) is 0.661. The summed E-state index contributed by atoms with van der Waals surface area (Å²) in [5.41, 5.74) is 1.79. The molecular weight excluding hydrogens is 272 g/mol. The molecule has 0 atom stereocenters. The zero-order valence-electron chi connectivity index (χ0n) is 11.9. The fraction of sp³-hybridized carbons (Fsp3) is 0.500. The molecule has 0 aliphatic heterocycles. The van der Waals surface area contributed by atoms with Gasteiger partial charge in [0.05, 0.1) is 16.0 Å². The summed E-state index contributed by atoms with van der Waals surface area (Å²) in [6.07, 6.45) is 3.45. The van der Waals surface area contributed by atoms with Crippen LogP contribution in [-0.2, 0) is 4.74 Å². The summed E-state index contributed by atoms with van der Waals surface area (Å²) in [7, 11) is 1.72. The van der Waals surface area contributed by atoms with Crippen LogP contribution in [0.15, 0.2) is 18.2 Å². The number of rotatable bonds is 7. The molecule has 2 N–H and O–H groups in total. The van der Waals surface area contributed by atoms with E-state index < -0.39 is 4.92 Å². The van der Waals surface area contributed by atoms with Crippen LogP contribution in [0.1, 0.15) is 19.3 Å². The van der Waals surface area contributed by atoms with Crippen LogP contribution in [0, 0.1) is 15.5 Å². The monoisotopic (exact) mass is 290 g/mol. The average molecular weight is 290 g/mol. The molecule has 3 rings (SSSR count). The fourth-order valence-electron chi connectivity index (χ4n) is 2.48. The molecule has 1 aromatic heterocycles. The molecule has 1 aliphatic carbocycles. The Kier molecular flexibility index (Phi) is 3.50. The van der Waals surface area contributed by atoms with Gasteiger partial charge in [0.2, 0.25) is 5.95 Å². The highest BCUT2D eigenvalue weighted by molar-refractivity contribution is 5.79. The maximum Gasteiger partial charge on any atom is 0.271 e. The van der Waals surface area contributed by atoms with Crippen molar-refractivity contribution in [2.75, 3.05) is 25.6 Å². The number of aromatic amines is 1. The summed E-state index contributed by atoms with van der Waals surface area (Å²) in [6.45, 7) is 1.62. The predicted octanol–water partition coefficient (Wildman–Crippen LogP) is 2.70. The van der Waals surface area contributed by atoms with Gasteiger partial charge in [-0.2, -0.15) is 0 Å². The number of non-ortho nitro benzene ring substituents is 1. The third-order valence-electron chi connectivity index (χ3n) is 4.10. The van der Waals surface area contributed by atoms with Crippen molar-refractivity contribution in [2.45, 2.75) is 19.3 Å². The van der Waals surface area contributed by atoms with Crippen molar-refractivity contribution in [1.82, 2.24) is 9.97 Å². The van der Waals surface area contributed by atoms with E-state index in [-0.39, 0.29) is 5.69 Å². The van der Waals surface area contributed by atoms with E-state index in [4.69, 9.17) is 4.74 Å². The fourth-order valence-corrected chi connectivity index (χ4v) is 2.48. The largest absolute Gasteiger partial charge is 0.385 e. The van der Waals surface area contributed by atoms with Crippen LogP contribution in [0.5, 0.6) is 0 Å². The number of nitrogens with one attached hydrogen (secondary N) is 2. The Morgan fingerprint density at radius 3 is 3.00 bits per heavy atom. The first-order chi connectivity index (χ1) is 10.1. The molecule has 1 aromatic carbocycles. The summed E-state index contributed by atoms with van der Waals surface area (Å²) >= 11 is 0. The van der Waals surface area contributed by atoms with Gasteiger partial charge >= 0.3 is 0 Å². The number of hydrogen-bond donors (Lipinski definition) is 2. The predicted molar refractivity (Wildman–Crippen MR) is 79.4 cm³/mol. The second-order valence-electron chi connectivity index (χ2n) is 5.64. The second-order valence-corrected chi connectivity index (χ2v) is 5.64. The number of hydrogen-bond acceptors (Lipinski definition) is 5. The van der Waals surface area contributed by atoms with Gasteiger partial charge in [0.1, 0.15) is 0 Å². The molecule has 7 heteroatoms. The standard InChI is InChI=1S/C14H18N4O3/c1-21-7-6-14(4-5-14)9-15-13-16-11-3-2-10(18(19)20)8-12(11)17-13/h2-3,8H,4-7,9H2,1H3,(H2,15,16,17). The first-order valence-electron chi connectivity index (χ1n) is 6.99. The van der Waals surface area contributed by atoms with Crippen LogP contribution in [-0.4, -0.2) is 35.2 Å². The molecule has 0 radical (unpaired) electrons. The third kappa shape index (κ3) is 2.97. The minimum absolute atomic E-state index is 0.0662. The van der Waals surface area contributed by atoms with Crippen LogP contribution in [0.3, 0.4) is 0 Å². The molecule has 0 unspecified atom stereocenters. The molecule has 1 fully saturated rings. The lowest BCUT2D eigenvalue weighted by molar-refractivity contribution is -0.384. The van der Waals surface area contributed by atoms with E-state index in [0.29, 0.717) is 16.9 Å². The average Bonchev–Trinajstić information content (AvgIpc) is 3.13. The number of imidazole rings is 1. The lowest BCUT2D eigenvalue weighted by Gasteiger charge is -2.14. The number of fused-ring (bicyclic) bond motifs is 1. The van der Waals surface area contributed by atoms with E-state index in [0.717, 1.165) is 25.1 Å². The number of anilines is 1. The van der Waals surface area contributed by atoms with Gasteiger partial charge in [-0.25, -0.2) is 4.98 Å². The molecule has 2 aromatic rings. The second kappa shape index (κ2) is 5.33. The van der Waals surface area contributed by atoms with Crippen LogP contribution < -0.4 is 5.32 Å². The molecule has 1 saturated carbocycles. The summed E-state index contributed by atoms with van der Waals surface area (Å²) in [6, 6.07) is 4.63. The summed E-state index contributed by atoms with van der Waals surface area (Å²) in [5, 5.41) is 14.1. The Balaban J connectivity index is 1.69. The van der Waals surface area contributed by atoms with Gasteiger partial charge in [0, 0.05) is 32.4 Å². The highest BCUT2D eigenvalue weighted by Gasteiger charge is 2.41. The quantitative estimate of drug-likeness (QED) is 0.604. The van der Waals surface area contributed by atoms with Gasteiger partial charge in [-0.1, -0.05) is 0 Å². The van der Waals surface area contributed by atoms with E-state index in [1.165, 1.54) is 25.0 Å². The summed E-state index contributed by atoms with van der Waals surface area (Å²) in [4.78, 5) is 17.8. The van der Waals surface area contributed by atoms with Crippen LogP contribution in [0.4, 0.5) is 11.6 Å². The minimum atomic E-state index is -0.405. The Morgan fingerprint density at radius 2 is 2.33 bits per heavy atom. The molecule has 1 aliphatic rings. The van der Waals surface area contributed by atoms with Crippen molar-refractivity contribution < 1.29 is 9.66 Å². The molecular formula is C14H18N4O3. The zero-order valence-corrected chi connectivity index (χ0v) is 11.9. The molecule has 1 heterocycles. The van der Waals surface area contributed by atoms with Crippen LogP contribution in [0.25, 0.3) is 11.0 Å². The number of nitro benzene ring substituents is 1.